The highest BCUT2D eigenvalue weighted by molar-refractivity contribution is 5.93. The zero-order chi connectivity index (χ0) is 13.0. The van der Waals surface area contributed by atoms with E-state index in [1.54, 1.807) is 13.0 Å². The normalized spacial score (nSPS) is 12.1. The van der Waals surface area contributed by atoms with Crippen molar-refractivity contribution in [3.63, 3.8) is 0 Å². The molecule has 0 spiro atoms. The number of hydrogen-bond donors (Lipinski definition) is 3. The Hall–Kier alpha value is -2.14. The molecule has 0 aliphatic heterocycles. The Labute approximate surface area is 105 Å². The first-order chi connectivity index (χ1) is 8.66. The van der Waals surface area contributed by atoms with E-state index in [4.69, 9.17) is 5.11 Å². The number of hydrogen-bond acceptors (Lipinski definition) is 3. The number of aliphatic hydroxyl groups is 1. The number of nitrogens with zero attached hydrogens (tertiary/aromatic N) is 1. The Balaban J connectivity index is 2.09. The number of rotatable bonds is 4. The van der Waals surface area contributed by atoms with E-state index >= 15 is 0 Å². The van der Waals surface area contributed by atoms with E-state index < -0.39 is 6.10 Å². The Morgan fingerprint density at radius 1 is 1.44 bits per heavy atom. The van der Waals surface area contributed by atoms with Gasteiger partial charge in [-0.25, -0.2) is 0 Å². The number of nitrogens with one attached hydrogen (secondary N) is 2. The Morgan fingerprint density at radius 2 is 2.17 bits per heavy atom. The lowest BCUT2D eigenvalue weighted by molar-refractivity contribution is 0.0919. The molecule has 1 heterocycles. The fourth-order valence-corrected chi connectivity index (χ4v) is 1.53. The molecule has 1 aromatic heterocycles. The summed E-state index contributed by atoms with van der Waals surface area (Å²) in [5.74, 6) is -0.273. The molecule has 1 atom stereocenters. The summed E-state index contributed by atoms with van der Waals surface area (Å²) in [7, 11) is 0. The molecule has 94 valence electrons. The van der Waals surface area contributed by atoms with Gasteiger partial charge in [-0.05, 0) is 13.0 Å². The zero-order valence-corrected chi connectivity index (χ0v) is 10.1. The smallest absolute Gasteiger partial charge is 0.269 e. The topological polar surface area (TPSA) is 78.0 Å². The van der Waals surface area contributed by atoms with Gasteiger partial charge < -0.3 is 10.4 Å². The first-order valence-electron chi connectivity index (χ1n) is 5.74. The van der Waals surface area contributed by atoms with Crippen molar-refractivity contribution in [1.82, 2.24) is 15.5 Å². The van der Waals surface area contributed by atoms with Crippen LogP contribution in [0, 0.1) is 0 Å². The summed E-state index contributed by atoms with van der Waals surface area (Å²) in [5, 5.41) is 18.5. The van der Waals surface area contributed by atoms with Crippen molar-refractivity contribution in [3.05, 3.63) is 42.1 Å². The third-order valence-corrected chi connectivity index (χ3v) is 2.45. The Kier molecular flexibility index (Phi) is 3.74. The van der Waals surface area contributed by atoms with Gasteiger partial charge in [0.1, 0.15) is 5.69 Å². The Morgan fingerprint density at radius 3 is 2.83 bits per heavy atom. The summed E-state index contributed by atoms with van der Waals surface area (Å²) in [6.07, 6.45) is -0.564. The third-order valence-electron chi connectivity index (χ3n) is 2.45. The largest absolute Gasteiger partial charge is 0.392 e. The molecular weight excluding hydrogens is 230 g/mol. The molecule has 0 saturated carbocycles. The van der Waals surface area contributed by atoms with Crippen LogP contribution in [0.4, 0.5) is 0 Å². The van der Waals surface area contributed by atoms with Gasteiger partial charge in [-0.3, -0.25) is 9.89 Å². The molecule has 2 rings (SSSR count). The monoisotopic (exact) mass is 245 g/mol. The lowest BCUT2D eigenvalue weighted by Gasteiger charge is -2.04. The van der Waals surface area contributed by atoms with Crippen LogP contribution in [0.5, 0.6) is 0 Å². The number of aromatic nitrogens is 2. The van der Waals surface area contributed by atoms with E-state index in [-0.39, 0.29) is 12.5 Å². The van der Waals surface area contributed by atoms with Crippen molar-refractivity contribution in [1.29, 1.82) is 0 Å². The molecule has 1 aromatic carbocycles. The SMILES string of the molecule is CC(O)CNC(=O)c1cc(-c2ccccc2)n[nH]1. The molecule has 5 nitrogen and oxygen atoms in total. The van der Waals surface area contributed by atoms with Crippen LogP contribution in [-0.4, -0.2) is 33.9 Å². The van der Waals surface area contributed by atoms with E-state index in [1.807, 2.05) is 30.3 Å². The first-order valence-corrected chi connectivity index (χ1v) is 5.74. The second kappa shape index (κ2) is 5.46. The molecule has 2 aromatic rings. The minimum Gasteiger partial charge on any atom is -0.392 e. The molecule has 0 aliphatic rings. The van der Waals surface area contributed by atoms with Crippen LogP contribution >= 0.6 is 0 Å². The van der Waals surface area contributed by atoms with Gasteiger partial charge in [0.15, 0.2) is 0 Å². The Bertz CT molecular complexity index is 520. The molecule has 18 heavy (non-hydrogen) atoms. The van der Waals surface area contributed by atoms with Crippen molar-refractivity contribution in [2.75, 3.05) is 6.54 Å². The van der Waals surface area contributed by atoms with Gasteiger partial charge >= 0.3 is 0 Å². The molecule has 0 aliphatic carbocycles. The number of aliphatic hydroxyl groups excluding tert-OH is 1. The van der Waals surface area contributed by atoms with E-state index in [0.29, 0.717) is 5.69 Å². The number of benzene rings is 1. The average Bonchev–Trinajstić information content (AvgIpc) is 2.86. The fourth-order valence-electron chi connectivity index (χ4n) is 1.53. The summed E-state index contributed by atoms with van der Waals surface area (Å²) in [6, 6.07) is 11.3. The van der Waals surface area contributed by atoms with Crippen LogP contribution < -0.4 is 5.32 Å². The average molecular weight is 245 g/mol. The van der Waals surface area contributed by atoms with Crippen molar-refractivity contribution in [2.24, 2.45) is 0 Å². The van der Waals surface area contributed by atoms with E-state index in [0.717, 1.165) is 11.3 Å². The minimum absolute atomic E-state index is 0.221. The number of H-pyrrole nitrogens is 1. The van der Waals surface area contributed by atoms with Crippen LogP contribution in [0.15, 0.2) is 36.4 Å². The molecular formula is C13H15N3O2. The van der Waals surface area contributed by atoms with Gasteiger partial charge in [0, 0.05) is 12.1 Å². The predicted molar refractivity (Wildman–Crippen MR) is 68.0 cm³/mol. The molecule has 3 N–H and O–H groups in total. The maximum absolute atomic E-state index is 11.7. The lowest BCUT2D eigenvalue weighted by Crippen LogP contribution is -2.30. The molecule has 1 unspecified atom stereocenters. The van der Waals surface area contributed by atoms with Crippen LogP contribution in [0.25, 0.3) is 11.3 Å². The minimum atomic E-state index is -0.564. The quantitative estimate of drug-likeness (QED) is 0.757. The van der Waals surface area contributed by atoms with Crippen LogP contribution in [0.3, 0.4) is 0 Å². The van der Waals surface area contributed by atoms with Gasteiger partial charge in [0.05, 0.1) is 11.8 Å². The highest BCUT2D eigenvalue weighted by atomic mass is 16.3. The highest BCUT2D eigenvalue weighted by Crippen LogP contribution is 2.16. The van der Waals surface area contributed by atoms with E-state index in [9.17, 15) is 4.79 Å². The summed E-state index contributed by atoms with van der Waals surface area (Å²) in [5.41, 5.74) is 2.05. The number of amides is 1. The summed E-state index contributed by atoms with van der Waals surface area (Å²) in [6.45, 7) is 1.83. The van der Waals surface area contributed by atoms with Crippen LogP contribution in [0.1, 0.15) is 17.4 Å². The van der Waals surface area contributed by atoms with Gasteiger partial charge in [0.25, 0.3) is 5.91 Å². The maximum atomic E-state index is 11.7. The zero-order valence-electron chi connectivity index (χ0n) is 10.1. The summed E-state index contributed by atoms with van der Waals surface area (Å²) in [4.78, 5) is 11.7. The molecule has 0 fully saturated rings. The van der Waals surface area contributed by atoms with E-state index in [1.165, 1.54) is 0 Å². The summed E-state index contributed by atoms with van der Waals surface area (Å²) < 4.78 is 0. The molecule has 0 bridgehead atoms. The second-order valence-electron chi connectivity index (χ2n) is 4.09. The van der Waals surface area contributed by atoms with Crippen molar-refractivity contribution >= 4 is 5.91 Å². The van der Waals surface area contributed by atoms with E-state index in [2.05, 4.69) is 15.5 Å². The first kappa shape index (κ1) is 12.3. The van der Waals surface area contributed by atoms with Crippen molar-refractivity contribution < 1.29 is 9.90 Å². The second-order valence-corrected chi connectivity index (χ2v) is 4.09. The number of aromatic amines is 1. The fraction of sp³-hybridized carbons (Fsp3) is 0.231. The molecule has 1 amide bonds. The predicted octanol–water partition coefficient (Wildman–Crippen LogP) is 1.19. The molecule has 5 heteroatoms. The van der Waals surface area contributed by atoms with Gasteiger partial charge in [-0.2, -0.15) is 5.10 Å². The van der Waals surface area contributed by atoms with Gasteiger partial charge in [-0.1, -0.05) is 30.3 Å². The van der Waals surface area contributed by atoms with Crippen molar-refractivity contribution in [3.8, 4) is 11.3 Å². The van der Waals surface area contributed by atoms with Crippen LogP contribution in [-0.2, 0) is 0 Å². The summed E-state index contributed by atoms with van der Waals surface area (Å²) >= 11 is 0. The number of carbonyl (C=O) groups excluding carboxylic acids is 1. The number of carbonyl (C=O) groups is 1. The molecule has 0 saturated heterocycles. The molecule has 0 radical (unpaired) electrons. The maximum Gasteiger partial charge on any atom is 0.269 e. The van der Waals surface area contributed by atoms with Gasteiger partial charge in [0.2, 0.25) is 0 Å². The third kappa shape index (κ3) is 2.95. The standard InChI is InChI=1S/C13H15N3O2/c1-9(17)8-14-13(18)12-7-11(15-16-12)10-5-3-2-4-6-10/h2-7,9,17H,8H2,1H3,(H,14,18)(H,15,16). The van der Waals surface area contributed by atoms with Crippen molar-refractivity contribution in [2.45, 2.75) is 13.0 Å². The van der Waals surface area contributed by atoms with Gasteiger partial charge in [-0.15, -0.1) is 0 Å². The van der Waals surface area contributed by atoms with Crippen LogP contribution in [0.2, 0.25) is 0 Å². The lowest BCUT2D eigenvalue weighted by atomic mass is 10.1. The highest BCUT2D eigenvalue weighted by Gasteiger charge is 2.10.